The molecule has 0 saturated carbocycles. The number of benzene rings is 1. The molecular formula is C10H11Br2IO2. The monoisotopic (exact) mass is 448 g/mol. The van der Waals surface area contributed by atoms with E-state index in [1.165, 1.54) is 0 Å². The van der Waals surface area contributed by atoms with E-state index in [4.69, 9.17) is 9.47 Å². The van der Waals surface area contributed by atoms with Crippen LogP contribution in [-0.4, -0.2) is 15.5 Å². The van der Waals surface area contributed by atoms with E-state index in [2.05, 4.69) is 54.5 Å². The van der Waals surface area contributed by atoms with Gasteiger partial charge in [-0.15, -0.1) is 0 Å². The summed E-state index contributed by atoms with van der Waals surface area (Å²) in [5, 5.41) is 0. The molecule has 0 aromatic heterocycles. The van der Waals surface area contributed by atoms with Crippen LogP contribution in [0.3, 0.4) is 0 Å². The molecule has 0 spiro atoms. The third kappa shape index (κ3) is 2.74. The molecule has 0 fully saturated rings. The fourth-order valence-electron chi connectivity index (χ4n) is 1.37. The van der Waals surface area contributed by atoms with Crippen molar-refractivity contribution < 1.29 is 9.47 Å². The van der Waals surface area contributed by atoms with Crippen molar-refractivity contribution in [1.82, 2.24) is 0 Å². The predicted molar refractivity (Wildman–Crippen MR) is 76.7 cm³/mol. The maximum absolute atomic E-state index is 5.51. The largest absolute Gasteiger partial charge is 0.347 e. The maximum Gasteiger partial charge on any atom is 0.229 e. The first-order chi connectivity index (χ1) is 6.98. The highest BCUT2D eigenvalue weighted by atomic mass is 127. The molecule has 0 amide bonds. The van der Waals surface area contributed by atoms with E-state index in [1.54, 1.807) is 14.2 Å². The van der Waals surface area contributed by atoms with Crippen molar-refractivity contribution in [2.45, 2.75) is 7.03 Å². The zero-order valence-corrected chi connectivity index (χ0v) is 13.7. The van der Waals surface area contributed by atoms with Gasteiger partial charge in [0.1, 0.15) is 0 Å². The quantitative estimate of drug-likeness (QED) is 0.393. The van der Waals surface area contributed by atoms with Gasteiger partial charge in [0.15, 0.2) is 1.24 Å². The number of halogens is 3. The number of rotatable bonds is 4. The Balaban J connectivity index is 3.24. The molecule has 84 valence electrons. The molecule has 1 aromatic carbocycles. The summed E-state index contributed by atoms with van der Waals surface area (Å²) in [6.07, 6.45) is 0. The second kappa shape index (κ2) is 5.44. The van der Waals surface area contributed by atoms with E-state index in [0.717, 1.165) is 5.56 Å². The summed E-state index contributed by atoms with van der Waals surface area (Å²) in [4.78, 5) is 0. The smallest absolute Gasteiger partial charge is 0.229 e. The van der Waals surface area contributed by atoms with Gasteiger partial charge in [0, 0.05) is 19.8 Å². The lowest BCUT2D eigenvalue weighted by atomic mass is 10.1. The summed E-state index contributed by atoms with van der Waals surface area (Å²) >= 11 is 9.20. The third-order valence-electron chi connectivity index (χ3n) is 2.10. The summed E-state index contributed by atoms with van der Waals surface area (Å²) in [6, 6.07) is 9.78. The van der Waals surface area contributed by atoms with Crippen LogP contribution >= 0.6 is 54.5 Å². The maximum atomic E-state index is 5.51. The van der Waals surface area contributed by atoms with Crippen LogP contribution in [-0.2, 0) is 15.3 Å². The van der Waals surface area contributed by atoms with Gasteiger partial charge in [0.25, 0.3) is 0 Å². The average Bonchev–Trinajstić information content (AvgIpc) is 2.20. The molecule has 2 nitrogen and oxygen atoms in total. The van der Waals surface area contributed by atoms with Crippen LogP contribution in [0.15, 0.2) is 30.3 Å². The van der Waals surface area contributed by atoms with Gasteiger partial charge in [-0.3, -0.25) is 0 Å². The molecule has 0 aliphatic heterocycles. The summed E-state index contributed by atoms with van der Waals surface area (Å²) in [5.41, 5.74) is 0.943. The molecule has 0 atom stereocenters. The molecule has 1 aromatic rings. The molecule has 0 aliphatic carbocycles. The second-order valence-electron chi connectivity index (χ2n) is 2.89. The highest BCUT2D eigenvalue weighted by molar-refractivity contribution is 14.1. The molecule has 0 unspecified atom stereocenters. The Morgan fingerprint density at radius 1 is 1.07 bits per heavy atom. The number of ether oxygens (including phenoxy) is 2. The Morgan fingerprint density at radius 3 is 1.87 bits per heavy atom. The first-order valence-corrected chi connectivity index (χ1v) is 6.87. The second-order valence-corrected chi connectivity index (χ2v) is 10.9. The zero-order valence-electron chi connectivity index (χ0n) is 8.34. The number of alkyl halides is 3. The Morgan fingerprint density at radius 2 is 1.53 bits per heavy atom. The fraction of sp³-hybridized carbons (Fsp3) is 0.400. The Labute approximate surface area is 120 Å². The lowest BCUT2D eigenvalue weighted by Gasteiger charge is -2.38. The summed E-state index contributed by atoms with van der Waals surface area (Å²) in [5.74, 6) is -0.866. The lowest BCUT2D eigenvalue weighted by Crippen LogP contribution is -2.42. The average molecular weight is 450 g/mol. The van der Waals surface area contributed by atoms with Crippen molar-refractivity contribution in [1.29, 1.82) is 0 Å². The molecule has 0 saturated heterocycles. The van der Waals surface area contributed by atoms with Gasteiger partial charge < -0.3 is 9.47 Å². The van der Waals surface area contributed by atoms with Crippen molar-refractivity contribution in [2.75, 3.05) is 14.2 Å². The van der Waals surface area contributed by atoms with Gasteiger partial charge in [0.05, 0.1) is 0 Å². The topological polar surface area (TPSA) is 18.5 Å². The van der Waals surface area contributed by atoms with Crippen LogP contribution in [0.2, 0.25) is 0 Å². The summed E-state index contributed by atoms with van der Waals surface area (Å²) in [6.45, 7) is 0. The van der Waals surface area contributed by atoms with Crippen LogP contribution in [0.1, 0.15) is 5.56 Å². The van der Waals surface area contributed by atoms with Crippen molar-refractivity contribution in [3.63, 3.8) is 0 Å². The van der Waals surface area contributed by atoms with E-state index in [0.29, 0.717) is 0 Å². The molecule has 5 heteroatoms. The Kier molecular flexibility index (Phi) is 5.04. The Hall–Kier alpha value is 0.830. The molecule has 1 rings (SSSR count). The fourth-order valence-corrected chi connectivity index (χ4v) is 3.23. The molecule has 15 heavy (non-hydrogen) atoms. The minimum absolute atomic E-state index is 0.532. The van der Waals surface area contributed by atoms with Crippen molar-refractivity contribution in [3.8, 4) is 0 Å². The zero-order chi connectivity index (χ0) is 11.5. The highest BCUT2D eigenvalue weighted by Crippen LogP contribution is 2.52. The van der Waals surface area contributed by atoms with Crippen LogP contribution in [0.5, 0.6) is 0 Å². The van der Waals surface area contributed by atoms with Crippen molar-refractivity contribution in [2.24, 2.45) is 0 Å². The van der Waals surface area contributed by atoms with Gasteiger partial charge in [-0.25, -0.2) is 0 Å². The van der Waals surface area contributed by atoms with E-state index in [-0.39, 0.29) is 0 Å². The minimum atomic E-state index is -0.866. The normalized spacial score (nSPS) is 12.9. The number of hydrogen-bond acceptors (Lipinski definition) is 2. The van der Waals surface area contributed by atoms with Crippen LogP contribution < -0.4 is 0 Å². The van der Waals surface area contributed by atoms with Crippen LogP contribution in [0.25, 0.3) is 0 Å². The van der Waals surface area contributed by atoms with E-state index >= 15 is 0 Å². The minimum Gasteiger partial charge on any atom is -0.347 e. The number of methoxy groups -OCH3 is 2. The SMILES string of the molecule is COC(OC)(c1ccccc1)C(Br)(Br)I. The van der Waals surface area contributed by atoms with Gasteiger partial charge in [-0.05, 0) is 22.6 Å². The van der Waals surface area contributed by atoms with Gasteiger partial charge in [-0.1, -0.05) is 62.2 Å². The standard InChI is InChI=1S/C10H11Br2IO2/c1-14-9(15-2,10(11,12)13)8-6-4-3-5-7-8/h3-7H,1-2H3. The third-order valence-corrected chi connectivity index (χ3v) is 3.86. The van der Waals surface area contributed by atoms with Crippen molar-refractivity contribution in [3.05, 3.63) is 35.9 Å². The van der Waals surface area contributed by atoms with Gasteiger partial charge in [0.2, 0.25) is 5.79 Å². The van der Waals surface area contributed by atoms with Gasteiger partial charge in [-0.2, -0.15) is 0 Å². The van der Waals surface area contributed by atoms with E-state index in [9.17, 15) is 0 Å². The van der Waals surface area contributed by atoms with Crippen LogP contribution in [0.4, 0.5) is 0 Å². The van der Waals surface area contributed by atoms with Gasteiger partial charge >= 0.3 is 0 Å². The molecule has 0 aliphatic rings. The van der Waals surface area contributed by atoms with Crippen LogP contribution in [0, 0.1) is 0 Å². The lowest BCUT2D eigenvalue weighted by molar-refractivity contribution is -0.204. The first kappa shape index (κ1) is 13.9. The summed E-state index contributed by atoms with van der Waals surface area (Å²) < 4.78 is 10.5. The molecular weight excluding hydrogens is 439 g/mol. The molecule has 0 radical (unpaired) electrons. The van der Waals surface area contributed by atoms with E-state index in [1.807, 2.05) is 30.3 Å². The highest BCUT2D eigenvalue weighted by Gasteiger charge is 2.49. The number of hydrogen-bond donors (Lipinski definition) is 0. The molecule has 0 N–H and O–H groups in total. The first-order valence-electron chi connectivity index (χ1n) is 4.20. The molecule has 0 heterocycles. The van der Waals surface area contributed by atoms with Crippen molar-refractivity contribution >= 4 is 54.5 Å². The predicted octanol–water partition coefficient (Wildman–Crippen LogP) is 4.01. The van der Waals surface area contributed by atoms with E-state index < -0.39 is 7.03 Å². The summed E-state index contributed by atoms with van der Waals surface area (Å²) in [7, 11) is 3.23. The molecule has 0 bridgehead atoms. The Bertz CT molecular complexity index is 307.